The van der Waals surface area contributed by atoms with Crippen LogP contribution in [0.1, 0.15) is 52.9 Å². The highest BCUT2D eigenvalue weighted by atomic mass is 35.5. The predicted octanol–water partition coefficient (Wildman–Crippen LogP) is 5.64. The first-order chi connectivity index (χ1) is 24.9. The quantitative estimate of drug-likeness (QED) is 0.222. The SMILES string of the molecule is COc1cccc(OC)c1C1(C(=O)NS(=O)(=O)Cc2ccc(C3NC(OCC(F)(F)F)C4=C3C(=O)C(OCC(F)(F)F)c3cccnc34)c(Cl)c2)CC1. The van der Waals surface area contributed by atoms with Gasteiger partial charge in [0.05, 0.1) is 42.7 Å². The molecule has 2 aliphatic carbocycles. The third-order valence-electron chi connectivity index (χ3n) is 8.94. The smallest absolute Gasteiger partial charge is 0.411 e. The predicted molar refractivity (Wildman–Crippen MR) is 175 cm³/mol. The van der Waals surface area contributed by atoms with Crippen molar-refractivity contribution < 1.29 is 63.3 Å². The number of Topliss-reactive ketones (excluding diaryl/α,β-unsaturated/α-hetero) is 1. The van der Waals surface area contributed by atoms with Crippen LogP contribution in [0, 0.1) is 0 Å². The van der Waals surface area contributed by atoms with Crippen LogP contribution < -0.4 is 19.5 Å². The molecule has 1 aliphatic heterocycles. The van der Waals surface area contributed by atoms with Gasteiger partial charge < -0.3 is 18.9 Å². The molecule has 53 heavy (non-hydrogen) atoms. The first kappa shape index (κ1) is 38.5. The number of carbonyl (C=O) groups excluding carboxylic acids is 2. The molecule has 0 radical (unpaired) electrons. The maximum atomic E-state index is 13.9. The summed E-state index contributed by atoms with van der Waals surface area (Å²) in [6, 6.07) is 10.0. The van der Waals surface area contributed by atoms with Crippen molar-refractivity contribution in [3.63, 3.8) is 0 Å². The number of hydrogen-bond donors (Lipinski definition) is 2. The highest BCUT2D eigenvalue weighted by molar-refractivity contribution is 7.89. The number of sulfonamides is 1. The summed E-state index contributed by atoms with van der Waals surface area (Å²) in [5.41, 5.74) is -1.31. The Morgan fingerprint density at radius 3 is 2.17 bits per heavy atom. The van der Waals surface area contributed by atoms with Gasteiger partial charge >= 0.3 is 12.4 Å². The molecule has 1 aromatic heterocycles. The van der Waals surface area contributed by atoms with E-state index in [2.05, 4.69) is 15.0 Å². The van der Waals surface area contributed by atoms with Crippen molar-refractivity contribution in [1.82, 2.24) is 15.0 Å². The Morgan fingerprint density at radius 1 is 0.943 bits per heavy atom. The number of ether oxygens (including phenoxy) is 4. The number of fused-ring (bicyclic) bond motifs is 2. The van der Waals surface area contributed by atoms with Crippen molar-refractivity contribution in [2.24, 2.45) is 0 Å². The molecule has 2 aromatic carbocycles. The van der Waals surface area contributed by atoms with Gasteiger partial charge in [-0.05, 0) is 48.2 Å². The van der Waals surface area contributed by atoms with E-state index < -0.39 is 76.8 Å². The van der Waals surface area contributed by atoms with Crippen LogP contribution in [0.4, 0.5) is 26.3 Å². The molecule has 3 atom stereocenters. The molecule has 3 unspecified atom stereocenters. The van der Waals surface area contributed by atoms with E-state index in [0.29, 0.717) is 29.9 Å². The minimum absolute atomic E-state index is 0.0602. The van der Waals surface area contributed by atoms with Crippen LogP contribution >= 0.6 is 11.6 Å². The van der Waals surface area contributed by atoms with Crippen LogP contribution in [0.3, 0.4) is 0 Å². The average molecular weight is 790 g/mol. The monoisotopic (exact) mass is 789 g/mol. The van der Waals surface area contributed by atoms with E-state index in [1.165, 1.54) is 50.7 Å². The van der Waals surface area contributed by atoms with Crippen molar-refractivity contribution >= 4 is 38.9 Å². The van der Waals surface area contributed by atoms with E-state index in [1.807, 2.05) is 0 Å². The van der Waals surface area contributed by atoms with Crippen LogP contribution in [0.15, 0.2) is 60.3 Å². The number of aromatic nitrogens is 1. The van der Waals surface area contributed by atoms with Crippen LogP contribution in [-0.4, -0.2) is 71.1 Å². The maximum Gasteiger partial charge on any atom is 0.411 e. The standard InChI is InChI=1S/C34H30ClF6N3O8S/c1-49-21-6-3-7-22(50-2)25(21)32(10-11-32)31(46)44-53(47,48)14-17-8-9-18(20(35)13-17)27-23-24(30(43-27)52-16-34(39,40)41)26-19(5-4-12-42-26)29(28(23)45)51-15-33(36,37)38/h3-9,12-13,27,29-30,43H,10-11,14-16H2,1-2H3,(H,44,46). The van der Waals surface area contributed by atoms with Gasteiger partial charge in [-0.3, -0.25) is 24.6 Å². The van der Waals surface area contributed by atoms with E-state index in [0.717, 1.165) is 0 Å². The number of carbonyl (C=O) groups is 2. The average Bonchev–Trinajstić information content (AvgIpc) is 3.80. The fourth-order valence-corrected chi connectivity index (χ4v) is 8.08. The summed E-state index contributed by atoms with van der Waals surface area (Å²) in [4.78, 5) is 31.5. The molecule has 0 spiro atoms. The lowest BCUT2D eigenvalue weighted by Crippen LogP contribution is -2.39. The highest BCUT2D eigenvalue weighted by Gasteiger charge is 2.55. The Kier molecular flexibility index (Phi) is 10.3. The summed E-state index contributed by atoms with van der Waals surface area (Å²) < 4.78 is 129. The Balaban J connectivity index is 1.29. The zero-order valence-electron chi connectivity index (χ0n) is 27.7. The van der Waals surface area contributed by atoms with Crippen LogP contribution in [0.2, 0.25) is 5.02 Å². The Hall–Kier alpha value is -4.23. The first-order valence-corrected chi connectivity index (χ1v) is 17.8. The molecule has 1 fully saturated rings. The Morgan fingerprint density at radius 2 is 1.58 bits per heavy atom. The molecule has 3 aromatic rings. The van der Waals surface area contributed by atoms with Gasteiger partial charge in [0.2, 0.25) is 15.9 Å². The number of methoxy groups -OCH3 is 2. The number of nitrogens with one attached hydrogen (secondary N) is 2. The second-order valence-corrected chi connectivity index (χ2v) is 14.6. The van der Waals surface area contributed by atoms with Crippen LogP contribution in [0.25, 0.3) is 5.57 Å². The summed E-state index contributed by atoms with van der Waals surface area (Å²) in [6.45, 7) is -3.56. The zero-order valence-corrected chi connectivity index (χ0v) is 29.3. The highest BCUT2D eigenvalue weighted by Crippen LogP contribution is 2.55. The third kappa shape index (κ3) is 7.87. The number of hydrogen-bond acceptors (Lipinski definition) is 10. The Bertz CT molecular complexity index is 2070. The van der Waals surface area contributed by atoms with Crippen molar-refractivity contribution in [2.75, 3.05) is 27.4 Å². The lowest BCUT2D eigenvalue weighted by atomic mass is 9.82. The molecule has 2 heterocycles. The largest absolute Gasteiger partial charge is 0.496 e. The lowest BCUT2D eigenvalue weighted by molar-refractivity contribution is -0.187. The van der Waals surface area contributed by atoms with Gasteiger partial charge in [-0.25, -0.2) is 8.42 Å². The number of nitrogens with zero attached hydrogens (tertiary/aromatic N) is 1. The van der Waals surface area contributed by atoms with Gasteiger partial charge in [-0.15, -0.1) is 0 Å². The maximum absolute atomic E-state index is 13.9. The number of amides is 1. The normalized spacial score (nSPS) is 20.8. The zero-order chi connectivity index (χ0) is 38.5. The number of pyridine rings is 1. The minimum Gasteiger partial charge on any atom is -0.496 e. The summed E-state index contributed by atoms with van der Waals surface area (Å²) in [5, 5.41) is 2.61. The van der Waals surface area contributed by atoms with Gasteiger partial charge in [0.15, 0.2) is 5.78 Å². The molecule has 1 saturated carbocycles. The summed E-state index contributed by atoms with van der Waals surface area (Å²) >= 11 is 6.61. The summed E-state index contributed by atoms with van der Waals surface area (Å²) in [7, 11) is -1.54. The minimum atomic E-state index is -4.82. The molecule has 1 amide bonds. The second-order valence-electron chi connectivity index (χ2n) is 12.5. The topological polar surface area (TPSA) is 142 Å². The summed E-state index contributed by atoms with van der Waals surface area (Å²) in [6.07, 6.45) is -11.1. The molecular weight excluding hydrogens is 760 g/mol. The fourth-order valence-electron chi connectivity index (χ4n) is 6.60. The molecule has 6 rings (SSSR count). The number of halogens is 7. The number of alkyl halides is 6. The van der Waals surface area contributed by atoms with Crippen molar-refractivity contribution in [3.05, 3.63) is 93.3 Å². The van der Waals surface area contributed by atoms with Gasteiger partial charge in [0, 0.05) is 27.9 Å². The first-order valence-electron chi connectivity index (χ1n) is 15.8. The molecule has 284 valence electrons. The van der Waals surface area contributed by atoms with E-state index in [9.17, 15) is 44.3 Å². The molecular formula is C34H30ClF6N3O8S. The van der Waals surface area contributed by atoms with E-state index >= 15 is 0 Å². The molecule has 0 saturated heterocycles. The van der Waals surface area contributed by atoms with Crippen molar-refractivity contribution in [1.29, 1.82) is 0 Å². The lowest BCUT2D eigenvalue weighted by Gasteiger charge is -2.28. The van der Waals surface area contributed by atoms with Crippen LogP contribution in [-0.2, 0) is 40.3 Å². The number of rotatable bonds is 12. The third-order valence-corrected chi connectivity index (χ3v) is 10.5. The van der Waals surface area contributed by atoms with Gasteiger partial charge in [0.25, 0.3) is 0 Å². The van der Waals surface area contributed by atoms with Crippen molar-refractivity contribution in [3.8, 4) is 11.5 Å². The van der Waals surface area contributed by atoms with Gasteiger partial charge in [-0.2, -0.15) is 26.3 Å². The molecule has 19 heteroatoms. The van der Waals surface area contributed by atoms with Gasteiger partial charge in [0.1, 0.15) is 37.0 Å². The molecule has 0 bridgehead atoms. The fraction of sp³-hybridized carbons (Fsp3) is 0.382. The second kappa shape index (κ2) is 14.2. The Labute approximate surface area is 303 Å². The van der Waals surface area contributed by atoms with Crippen molar-refractivity contribution in [2.45, 2.75) is 54.7 Å². The number of ketones is 1. The van der Waals surface area contributed by atoms with Crippen LogP contribution in [0.5, 0.6) is 11.5 Å². The number of benzene rings is 2. The van der Waals surface area contributed by atoms with E-state index in [-0.39, 0.29) is 38.6 Å². The van der Waals surface area contributed by atoms with E-state index in [4.69, 9.17) is 30.5 Å². The molecule has 11 nitrogen and oxygen atoms in total. The molecule has 3 aliphatic rings. The van der Waals surface area contributed by atoms with E-state index in [1.54, 1.807) is 18.2 Å². The molecule has 2 N–H and O–H groups in total. The summed E-state index contributed by atoms with van der Waals surface area (Å²) in [5.74, 6) is -1.84. The van der Waals surface area contributed by atoms with Gasteiger partial charge in [-0.1, -0.05) is 35.9 Å².